The number of sulfone groups is 1. The summed E-state index contributed by atoms with van der Waals surface area (Å²) < 4.78 is 50.9. The van der Waals surface area contributed by atoms with Gasteiger partial charge in [0.25, 0.3) is 10.2 Å². The molecule has 1 atom stereocenters. The quantitative estimate of drug-likeness (QED) is 0.843. The van der Waals surface area contributed by atoms with Crippen molar-refractivity contribution < 1.29 is 16.8 Å². The highest BCUT2D eigenvalue weighted by Gasteiger charge is 2.37. The van der Waals surface area contributed by atoms with Gasteiger partial charge in [0.2, 0.25) is 0 Å². The van der Waals surface area contributed by atoms with Gasteiger partial charge < -0.3 is 0 Å². The summed E-state index contributed by atoms with van der Waals surface area (Å²) in [6, 6.07) is -0.529. The Morgan fingerprint density at radius 2 is 1.95 bits per heavy atom. The molecule has 0 bridgehead atoms. The molecule has 0 amide bonds. The van der Waals surface area contributed by atoms with Crippen LogP contribution in [0.15, 0.2) is 11.1 Å². The molecule has 1 aromatic rings. The fourth-order valence-electron chi connectivity index (χ4n) is 2.50. The van der Waals surface area contributed by atoms with Crippen molar-refractivity contribution in [2.75, 3.05) is 26.9 Å². The number of hydrogen-bond acceptors (Lipinski definition) is 5. The first-order valence-electron chi connectivity index (χ1n) is 6.58. The van der Waals surface area contributed by atoms with Crippen LogP contribution in [-0.4, -0.2) is 62.5 Å². The molecular formula is C11H20N4O4S2. The molecule has 2 rings (SSSR count). The molecule has 120 valence electrons. The van der Waals surface area contributed by atoms with Crippen molar-refractivity contribution in [3.63, 3.8) is 0 Å². The Hall–Kier alpha value is -0.970. The number of aromatic nitrogens is 2. The fraction of sp³-hybridized carbons (Fsp3) is 0.727. The van der Waals surface area contributed by atoms with Crippen LogP contribution in [0.2, 0.25) is 0 Å². The van der Waals surface area contributed by atoms with E-state index < -0.39 is 26.1 Å². The van der Waals surface area contributed by atoms with E-state index in [-0.39, 0.29) is 4.90 Å². The minimum Gasteiger partial charge on any atom is -0.280 e. The van der Waals surface area contributed by atoms with Crippen LogP contribution < -0.4 is 0 Å². The van der Waals surface area contributed by atoms with Gasteiger partial charge in [-0.3, -0.25) is 5.10 Å². The number of hydrogen-bond donors (Lipinski definition) is 1. The van der Waals surface area contributed by atoms with E-state index in [0.717, 1.165) is 23.4 Å². The summed E-state index contributed by atoms with van der Waals surface area (Å²) in [5.41, 5.74) is 0.350. The van der Waals surface area contributed by atoms with Gasteiger partial charge in [-0.25, -0.2) is 8.42 Å². The largest absolute Gasteiger partial charge is 0.282 e. The lowest BCUT2D eigenvalue weighted by Gasteiger charge is -2.35. The topological polar surface area (TPSA) is 103 Å². The Morgan fingerprint density at radius 1 is 1.29 bits per heavy atom. The molecule has 1 fully saturated rings. The highest BCUT2D eigenvalue weighted by atomic mass is 32.2. The standard InChI is InChI=1S/C11H20N4O4S2/c1-14(2)21(18,19)15-7-5-4-6-9(15)11-10(8-12-13-11)20(3,16)17/h8-9H,4-7H2,1-3H3,(H,12,13). The molecule has 21 heavy (non-hydrogen) atoms. The number of nitrogens with one attached hydrogen (secondary N) is 1. The van der Waals surface area contributed by atoms with Gasteiger partial charge in [-0.15, -0.1) is 0 Å². The van der Waals surface area contributed by atoms with Crippen molar-refractivity contribution in [2.24, 2.45) is 0 Å². The lowest BCUT2D eigenvalue weighted by molar-refractivity contribution is 0.236. The maximum absolute atomic E-state index is 12.4. The molecule has 8 nitrogen and oxygen atoms in total. The summed E-state index contributed by atoms with van der Waals surface area (Å²) in [5.74, 6) is 0. The summed E-state index contributed by atoms with van der Waals surface area (Å²) in [4.78, 5) is 0.0633. The van der Waals surface area contributed by atoms with E-state index in [1.54, 1.807) is 0 Å². The third kappa shape index (κ3) is 3.12. The molecule has 10 heteroatoms. The molecular weight excluding hydrogens is 316 g/mol. The molecule has 1 aliphatic heterocycles. The van der Waals surface area contributed by atoms with Crippen LogP contribution in [0.5, 0.6) is 0 Å². The Balaban J connectivity index is 2.49. The van der Waals surface area contributed by atoms with Gasteiger partial charge in [0.05, 0.1) is 17.9 Å². The van der Waals surface area contributed by atoms with Crippen molar-refractivity contribution in [3.8, 4) is 0 Å². The molecule has 0 spiro atoms. The molecule has 0 aromatic carbocycles. The van der Waals surface area contributed by atoms with E-state index in [4.69, 9.17) is 0 Å². The second-order valence-corrected chi connectivity index (χ2v) is 9.41. The minimum atomic E-state index is -3.61. The predicted octanol–water partition coefficient (Wildman–Crippen LogP) is 0.147. The molecule has 0 radical (unpaired) electrons. The highest BCUT2D eigenvalue weighted by Crippen LogP contribution is 2.35. The number of aromatic amines is 1. The molecule has 1 N–H and O–H groups in total. The average molecular weight is 336 g/mol. The maximum Gasteiger partial charge on any atom is 0.282 e. The van der Waals surface area contributed by atoms with Crippen LogP contribution in [0, 0.1) is 0 Å². The number of nitrogens with zero attached hydrogens (tertiary/aromatic N) is 3. The zero-order chi connectivity index (χ0) is 15.8. The van der Waals surface area contributed by atoms with Crippen molar-refractivity contribution in [1.82, 2.24) is 18.8 Å². The SMILES string of the molecule is CN(C)S(=O)(=O)N1CCCCC1c1[nH]ncc1S(C)(=O)=O. The molecule has 1 aliphatic rings. The Kier molecular flexibility index (Phi) is 4.43. The van der Waals surface area contributed by atoms with Crippen LogP contribution in [0.3, 0.4) is 0 Å². The molecule has 1 aromatic heterocycles. The van der Waals surface area contributed by atoms with E-state index in [1.807, 2.05) is 0 Å². The molecule has 1 saturated heterocycles. The zero-order valence-corrected chi connectivity index (χ0v) is 13.9. The van der Waals surface area contributed by atoms with Crippen LogP contribution in [0.25, 0.3) is 0 Å². The number of piperidine rings is 1. The molecule has 0 aliphatic carbocycles. The Morgan fingerprint density at radius 3 is 2.52 bits per heavy atom. The van der Waals surface area contributed by atoms with Crippen LogP contribution >= 0.6 is 0 Å². The Bertz CT molecular complexity index is 708. The summed E-state index contributed by atoms with van der Waals surface area (Å²) in [6.45, 7) is 0.368. The third-order valence-electron chi connectivity index (χ3n) is 3.58. The van der Waals surface area contributed by atoms with Crippen molar-refractivity contribution in [2.45, 2.75) is 30.2 Å². The predicted molar refractivity (Wildman–Crippen MR) is 77.6 cm³/mol. The molecule has 0 saturated carbocycles. The normalized spacial score (nSPS) is 21.8. The van der Waals surface area contributed by atoms with Crippen molar-refractivity contribution >= 4 is 20.0 Å². The summed E-state index contributed by atoms with van der Waals surface area (Å²) in [5, 5.41) is 6.46. The van der Waals surface area contributed by atoms with Crippen LogP contribution in [-0.2, 0) is 20.0 Å². The first-order valence-corrected chi connectivity index (χ1v) is 9.87. The van der Waals surface area contributed by atoms with Crippen LogP contribution in [0.1, 0.15) is 31.0 Å². The first-order chi connectivity index (χ1) is 9.65. The lowest BCUT2D eigenvalue weighted by atomic mass is 10.0. The van der Waals surface area contributed by atoms with E-state index in [9.17, 15) is 16.8 Å². The zero-order valence-electron chi connectivity index (χ0n) is 12.3. The second kappa shape index (κ2) is 5.67. The lowest BCUT2D eigenvalue weighted by Crippen LogP contribution is -2.45. The maximum atomic E-state index is 12.4. The van der Waals surface area contributed by atoms with Crippen molar-refractivity contribution in [3.05, 3.63) is 11.9 Å². The number of H-pyrrole nitrogens is 1. The van der Waals surface area contributed by atoms with Gasteiger partial charge in [-0.2, -0.15) is 22.1 Å². The average Bonchev–Trinajstić information content (AvgIpc) is 2.87. The van der Waals surface area contributed by atoms with Gasteiger partial charge in [-0.1, -0.05) is 6.42 Å². The molecule has 2 heterocycles. The third-order valence-corrected chi connectivity index (χ3v) is 6.65. The monoisotopic (exact) mass is 336 g/mol. The summed E-state index contributed by atoms with van der Waals surface area (Å²) in [6.07, 6.45) is 4.49. The van der Waals surface area contributed by atoms with Gasteiger partial charge in [0, 0.05) is 26.9 Å². The highest BCUT2D eigenvalue weighted by molar-refractivity contribution is 7.90. The van der Waals surface area contributed by atoms with E-state index >= 15 is 0 Å². The van der Waals surface area contributed by atoms with Gasteiger partial charge in [0.1, 0.15) is 4.90 Å². The second-order valence-electron chi connectivity index (χ2n) is 5.33. The van der Waals surface area contributed by atoms with E-state index in [1.165, 1.54) is 24.6 Å². The van der Waals surface area contributed by atoms with Crippen molar-refractivity contribution in [1.29, 1.82) is 0 Å². The fourth-order valence-corrected chi connectivity index (χ4v) is 4.64. The van der Waals surface area contributed by atoms with Crippen LogP contribution in [0.4, 0.5) is 0 Å². The van der Waals surface area contributed by atoms with Gasteiger partial charge in [0.15, 0.2) is 9.84 Å². The first kappa shape index (κ1) is 16.4. The summed E-state index contributed by atoms with van der Waals surface area (Å²) >= 11 is 0. The van der Waals surface area contributed by atoms with E-state index in [2.05, 4.69) is 10.2 Å². The van der Waals surface area contributed by atoms with E-state index in [0.29, 0.717) is 18.7 Å². The number of rotatable bonds is 4. The Labute approximate surface area is 125 Å². The summed E-state index contributed by atoms with van der Waals surface area (Å²) in [7, 11) is -4.14. The van der Waals surface area contributed by atoms with Gasteiger partial charge in [-0.05, 0) is 12.8 Å². The molecule has 1 unspecified atom stereocenters. The smallest absolute Gasteiger partial charge is 0.280 e. The van der Waals surface area contributed by atoms with Gasteiger partial charge >= 0.3 is 0 Å². The minimum absolute atomic E-state index is 0.0633.